The molecule has 8 rings (SSSR count). The smallest absolute Gasteiger partial charge is 0.423 e. The highest BCUT2D eigenvalue weighted by molar-refractivity contribution is 9.11. The first-order valence-electron chi connectivity index (χ1n) is 15.0. The molecule has 22 heteroatoms. The molecule has 0 radical (unpaired) electrons. The minimum atomic E-state index is -2.52. The Labute approximate surface area is 306 Å². The highest BCUT2D eigenvalue weighted by Crippen LogP contribution is 2.60. The summed E-state index contributed by atoms with van der Waals surface area (Å²) in [5, 5.41) is 27.1. The molecule has 4 fully saturated rings. The summed E-state index contributed by atoms with van der Waals surface area (Å²) in [6.07, 6.45) is 5.83. The van der Waals surface area contributed by atoms with Crippen LogP contribution in [-0.2, 0) is 9.59 Å². The van der Waals surface area contributed by atoms with Gasteiger partial charge in [0, 0.05) is 86.6 Å². The van der Waals surface area contributed by atoms with E-state index in [0.717, 1.165) is 9.48 Å². The van der Waals surface area contributed by atoms with E-state index in [1.165, 1.54) is 48.9 Å². The Morgan fingerprint density at radius 3 is 1.59 bits per heavy atom. The number of nitrogens with one attached hydrogen (secondary N) is 2. The largest absolute Gasteiger partial charge is 0.491 e. The summed E-state index contributed by atoms with van der Waals surface area (Å²) in [6.45, 7) is 4.01. The molecule has 51 heavy (non-hydrogen) atoms. The third kappa shape index (κ3) is 8.62. The average molecular weight is 815 g/mol. The number of alkyl halides is 4. The van der Waals surface area contributed by atoms with Crippen LogP contribution in [0.3, 0.4) is 0 Å². The lowest BCUT2D eigenvalue weighted by molar-refractivity contribution is -0.115. The highest BCUT2D eigenvalue weighted by atomic mass is 79.9. The van der Waals surface area contributed by atoms with E-state index in [2.05, 4.69) is 56.5 Å². The molecule has 4 N–H and O–H groups in total. The zero-order chi connectivity index (χ0) is 36.0. The minimum absolute atomic E-state index is 0. The maximum atomic E-state index is 13.2. The Morgan fingerprint density at radius 2 is 1.20 bits per heavy atom. The van der Waals surface area contributed by atoms with E-state index in [0.29, 0.717) is 41.6 Å². The number of carbonyl (C=O) groups is 2. The number of aromatic nitrogens is 6. The molecule has 4 aliphatic rings. The van der Waals surface area contributed by atoms with Crippen molar-refractivity contribution in [3.8, 4) is 10.6 Å². The van der Waals surface area contributed by atoms with Crippen LogP contribution in [0.2, 0.25) is 0 Å². The summed E-state index contributed by atoms with van der Waals surface area (Å²) >= 11 is 5.99. The number of hydrogen-bond donors (Lipinski definition) is 4. The fraction of sp³-hybridized carbons (Fsp3) is 0.448. The maximum Gasteiger partial charge on any atom is 0.491 e. The fourth-order valence-electron chi connectivity index (χ4n) is 5.70. The van der Waals surface area contributed by atoms with Gasteiger partial charge in [0.15, 0.2) is 3.92 Å². The maximum absolute atomic E-state index is 13.2. The van der Waals surface area contributed by atoms with Crippen LogP contribution in [0.15, 0.2) is 39.5 Å². The van der Waals surface area contributed by atoms with E-state index in [1.54, 1.807) is 33.0 Å². The van der Waals surface area contributed by atoms with Gasteiger partial charge < -0.3 is 30.5 Å². The number of nitrogens with zero attached hydrogens (tertiary/aromatic N) is 8. The number of carbonyl (C=O) groups excluding carboxylic acids is 2. The van der Waals surface area contributed by atoms with E-state index < -0.39 is 42.6 Å². The molecular weight excluding hydrogens is 783 g/mol. The van der Waals surface area contributed by atoms with Gasteiger partial charge >= 0.3 is 7.12 Å². The molecule has 2 aliphatic heterocycles. The molecule has 272 valence electrons. The van der Waals surface area contributed by atoms with Gasteiger partial charge in [-0.25, -0.2) is 47.5 Å². The normalized spacial score (nSPS) is 22.5. The number of piperidine rings is 2. The lowest BCUT2D eigenvalue weighted by Gasteiger charge is -2.19. The zero-order valence-electron chi connectivity index (χ0n) is 26.2. The van der Waals surface area contributed by atoms with Crippen molar-refractivity contribution in [3.05, 3.63) is 39.5 Å². The van der Waals surface area contributed by atoms with Gasteiger partial charge in [-0.15, -0.1) is 22.7 Å². The number of rotatable bonds is 6. The molecule has 0 bridgehead atoms. The van der Waals surface area contributed by atoms with Crippen LogP contribution in [-0.4, -0.2) is 96.9 Å². The minimum Gasteiger partial charge on any atom is -0.423 e. The van der Waals surface area contributed by atoms with Crippen molar-refractivity contribution in [1.29, 1.82) is 0 Å². The van der Waals surface area contributed by atoms with E-state index in [-0.39, 0.29) is 37.8 Å². The molecule has 4 aromatic rings. The Kier molecular flexibility index (Phi) is 11.3. The highest BCUT2D eigenvalue weighted by Gasteiger charge is 2.72. The second kappa shape index (κ2) is 15.0. The lowest BCUT2D eigenvalue weighted by Crippen LogP contribution is -2.33. The van der Waals surface area contributed by atoms with Crippen molar-refractivity contribution >= 4 is 86.5 Å². The standard InChI is InChI=1S/C14H13F2N5OS.C9H10BF2N3O2.C5H5BrN2OS.CH4/c1-7(22)19-11-6-23-12(20-11)8-2-17-13(18-3-8)21-4-9-10(5-21)14(9,15)16;11-9(12)6-3-15(4-7(6)9)8-13-1-5(2-14-8)10(16)17;1-3(9)7-4-2-10-5(6)8-4;/h2-3,6,9-10H,4-5H2,1H3,(H,19,22);1-2,6-7,16-17H,3-4H2;2H,1H3,(H,7,9);1H4. The third-order valence-corrected chi connectivity index (χ3v) is 10.7. The molecule has 14 nitrogen and oxygen atoms in total. The summed E-state index contributed by atoms with van der Waals surface area (Å²) in [7, 11) is -1.61. The Bertz CT molecular complexity index is 1830. The van der Waals surface area contributed by atoms with Crippen molar-refractivity contribution in [2.75, 3.05) is 46.6 Å². The van der Waals surface area contributed by atoms with Crippen LogP contribution in [0.1, 0.15) is 21.3 Å². The Hall–Kier alpha value is -3.86. The fourth-order valence-corrected chi connectivity index (χ4v) is 7.37. The van der Waals surface area contributed by atoms with Gasteiger partial charge in [-0.1, -0.05) is 7.43 Å². The number of fused-ring (bicyclic) bond motifs is 2. The van der Waals surface area contributed by atoms with Crippen LogP contribution < -0.4 is 25.9 Å². The van der Waals surface area contributed by atoms with Crippen LogP contribution >= 0.6 is 38.6 Å². The molecule has 4 unspecified atom stereocenters. The second-order valence-corrected chi connectivity index (χ2v) is 14.9. The number of anilines is 4. The summed E-state index contributed by atoms with van der Waals surface area (Å²) in [6, 6.07) is 0. The lowest BCUT2D eigenvalue weighted by atomic mass is 9.83. The molecule has 0 aromatic carbocycles. The van der Waals surface area contributed by atoms with Gasteiger partial charge in [0.1, 0.15) is 16.6 Å². The van der Waals surface area contributed by atoms with E-state index in [1.807, 2.05) is 0 Å². The van der Waals surface area contributed by atoms with E-state index in [4.69, 9.17) is 10.0 Å². The topological polar surface area (TPSA) is 182 Å². The Morgan fingerprint density at radius 1 is 0.784 bits per heavy atom. The molecule has 6 heterocycles. The quantitative estimate of drug-likeness (QED) is 0.164. The molecular formula is C29H32BBrF4N10O4S2. The monoisotopic (exact) mass is 814 g/mol. The molecule has 4 atom stereocenters. The molecule has 0 spiro atoms. The van der Waals surface area contributed by atoms with Crippen molar-refractivity contribution < 1.29 is 37.2 Å². The molecule has 2 aliphatic carbocycles. The number of thiazole rings is 2. The van der Waals surface area contributed by atoms with Crippen LogP contribution in [0, 0.1) is 23.7 Å². The van der Waals surface area contributed by atoms with Gasteiger partial charge in [-0.05, 0) is 15.9 Å². The first-order chi connectivity index (χ1) is 23.6. The van der Waals surface area contributed by atoms with Gasteiger partial charge in [0.25, 0.3) is 11.8 Å². The Balaban J connectivity index is 0.000000159. The van der Waals surface area contributed by atoms with Crippen LogP contribution in [0.4, 0.5) is 41.1 Å². The molecule has 4 aromatic heterocycles. The van der Waals surface area contributed by atoms with Crippen LogP contribution in [0.5, 0.6) is 0 Å². The van der Waals surface area contributed by atoms with Crippen molar-refractivity contribution in [3.63, 3.8) is 0 Å². The van der Waals surface area contributed by atoms with Gasteiger partial charge in [0.05, 0.1) is 23.7 Å². The second-order valence-electron chi connectivity index (χ2n) is 11.9. The first kappa shape index (κ1) is 38.4. The first-order valence-corrected chi connectivity index (χ1v) is 17.6. The van der Waals surface area contributed by atoms with Gasteiger partial charge in [0.2, 0.25) is 23.7 Å². The predicted molar refractivity (Wildman–Crippen MR) is 188 cm³/mol. The van der Waals surface area contributed by atoms with Gasteiger partial charge in [-0.3, -0.25) is 9.59 Å². The van der Waals surface area contributed by atoms with Crippen molar-refractivity contribution in [1.82, 2.24) is 29.9 Å². The SMILES string of the molecule is C.CC(=O)Nc1csc(-c2cnc(N3CC4C(C3)C4(F)F)nc2)n1.CC(=O)Nc1csc(Br)n1.OB(O)c1cnc(N2CC3C(C2)C3(F)F)nc1. The molecule has 2 saturated carbocycles. The summed E-state index contributed by atoms with van der Waals surface area (Å²) in [4.78, 5) is 49.6. The van der Waals surface area contributed by atoms with E-state index >= 15 is 0 Å². The average Bonchev–Trinajstić information content (AvgIpc) is 3.62. The summed E-state index contributed by atoms with van der Waals surface area (Å²) < 4.78 is 53.1. The number of halogens is 5. The third-order valence-electron chi connectivity index (χ3n) is 8.39. The van der Waals surface area contributed by atoms with Gasteiger partial charge in [-0.2, -0.15) is 0 Å². The van der Waals surface area contributed by atoms with Crippen LogP contribution in [0.25, 0.3) is 10.6 Å². The molecule has 2 saturated heterocycles. The summed E-state index contributed by atoms with van der Waals surface area (Å²) in [5.74, 6) is -5.63. The van der Waals surface area contributed by atoms with Crippen molar-refractivity contribution in [2.45, 2.75) is 33.1 Å². The van der Waals surface area contributed by atoms with Crippen molar-refractivity contribution in [2.24, 2.45) is 23.7 Å². The zero-order valence-corrected chi connectivity index (χ0v) is 29.4. The predicted octanol–water partition coefficient (Wildman–Crippen LogP) is 3.62. The molecule has 2 amide bonds. The summed E-state index contributed by atoms with van der Waals surface area (Å²) in [5.41, 5.74) is 0.911. The number of hydrogen-bond acceptors (Lipinski definition) is 14. The van der Waals surface area contributed by atoms with E-state index in [9.17, 15) is 27.2 Å². The number of amides is 2.